The molecule has 1 saturated carbocycles. The molecule has 24 heavy (non-hydrogen) atoms. The van der Waals surface area contributed by atoms with Gasteiger partial charge in [-0.05, 0) is 44.7 Å². The molecule has 4 nitrogen and oxygen atoms in total. The minimum Gasteiger partial charge on any atom is -0.339 e. The van der Waals surface area contributed by atoms with Crippen LogP contribution in [0.3, 0.4) is 0 Å². The first kappa shape index (κ1) is 15.6. The van der Waals surface area contributed by atoms with Crippen LogP contribution in [0, 0.1) is 12.3 Å². The number of carbonyl (C=O) groups is 2. The Morgan fingerprint density at radius 3 is 2.46 bits per heavy atom. The predicted octanol–water partition coefficient (Wildman–Crippen LogP) is 2.84. The molecule has 0 aromatic heterocycles. The summed E-state index contributed by atoms with van der Waals surface area (Å²) in [5.41, 5.74) is 0.224. The van der Waals surface area contributed by atoms with E-state index in [4.69, 9.17) is 0 Å². The second kappa shape index (κ2) is 5.30. The number of alkyl halides is 1. The largest absolute Gasteiger partial charge is 0.339 e. The fourth-order valence-corrected chi connectivity index (χ4v) is 4.22. The third-order valence-corrected chi connectivity index (χ3v) is 5.92. The Bertz CT molecular complexity index is 683. The average Bonchev–Trinajstić information content (AvgIpc) is 3.09. The first-order valence-electron chi connectivity index (χ1n) is 8.76. The molecule has 1 aromatic carbocycles. The van der Waals surface area contributed by atoms with Crippen LogP contribution < -0.4 is 4.90 Å². The van der Waals surface area contributed by atoms with Gasteiger partial charge in [0, 0.05) is 37.2 Å². The van der Waals surface area contributed by atoms with Gasteiger partial charge in [0.1, 0.15) is 0 Å². The van der Waals surface area contributed by atoms with E-state index >= 15 is 0 Å². The highest BCUT2D eigenvalue weighted by molar-refractivity contribution is 5.96. The number of anilines is 1. The van der Waals surface area contributed by atoms with Crippen LogP contribution in [0.25, 0.3) is 0 Å². The van der Waals surface area contributed by atoms with Crippen molar-refractivity contribution >= 4 is 17.5 Å². The van der Waals surface area contributed by atoms with E-state index in [9.17, 15) is 14.0 Å². The van der Waals surface area contributed by atoms with Gasteiger partial charge in [0.2, 0.25) is 5.91 Å². The molecule has 2 saturated heterocycles. The quantitative estimate of drug-likeness (QED) is 0.837. The van der Waals surface area contributed by atoms with Crippen LogP contribution in [0.5, 0.6) is 0 Å². The van der Waals surface area contributed by atoms with E-state index in [1.165, 1.54) is 0 Å². The molecule has 2 aliphatic heterocycles. The van der Waals surface area contributed by atoms with Gasteiger partial charge in [-0.3, -0.25) is 9.59 Å². The highest BCUT2D eigenvalue weighted by Crippen LogP contribution is 2.44. The summed E-state index contributed by atoms with van der Waals surface area (Å²) in [5, 5.41) is 0. The zero-order chi connectivity index (χ0) is 16.9. The van der Waals surface area contributed by atoms with Crippen LogP contribution in [0.1, 0.15) is 37.7 Å². The molecule has 0 N–H and O–H groups in total. The summed E-state index contributed by atoms with van der Waals surface area (Å²) in [5.74, 6) is -0.251. The van der Waals surface area contributed by atoms with Gasteiger partial charge in [-0.2, -0.15) is 0 Å². The van der Waals surface area contributed by atoms with Crippen LogP contribution in [0.2, 0.25) is 0 Å². The summed E-state index contributed by atoms with van der Waals surface area (Å²) in [6.45, 7) is 3.72. The van der Waals surface area contributed by atoms with E-state index in [1.807, 2.05) is 36.1 Å². The molecular formula is C19H23FN2O2. The highest BCUT2D eigenvalue weighted by Gasteiger charge is 2.53. The molecular weight excluding hydrogens is 307 g/mol. The molecule has 1 aliphatic carbocycles. The Hall–Kier alpha value is -1.91. The molecule has 5 heteroatoms. The average molecular weight is 330 g/mol. The summed E-state index contributed by atoms with van der Waals surface area (Å²) in [6.07, 6.45) is 2.72. The number of aryl methyl sites for hydroxylation is 1. The zero-order valence-corrected chi connectivity index (χ0v) is 14.1. The fourth-order valence-electron chi connectivity index (χ4n) is 4.22. The number of hydrogen-bond donors (Lipinski definition) is 0. The van der Waals surface area contributed by atoms with Crippen molar-refractivity contribution in [2.75, 3.05) is 24.5 Å². The predicted molar refractivity (Wildman–Crippen MR) is 89.5 cm³/mol. The maximum absolute atomic E-state index is 14.4. The number of rotatable bonds is 2. The Labute approximate surface area is 141 Å². The Morgan fingerprint density at radius 2 is 1.83 bits per heavy atom. The molecule has 3 aliphatic rings. The molecule has 128 valence electrons. The van der Waals surface area contributed by atoms with E-state index in [0.29, 0.717) is 38.9 Å². The van der Waals surface area contributed by atoms with Gasteiger partial charge in [0.05, 0.1) is 0 Å². The second-order valence-electron chi connectivity index (χ2n) is 7.79. The lowest BCUT2D eigenvalue weighted by atomic mass is 9.81. The summed E-state index contributed by atoms with van der Waals surface area (Å²) in [6, 6.07) is 7.94. The number of hydrogen-bond acceptors (Lipinski definition) is 2. The minimum absolute atomic E-state index is 0.103. The smallest absolute Gasteiger partial charge is 0.260 e. The normalized spacial score (nSPS) is 28.5. The zero-order valence-electron chi connectivity index (χ0n) is 14.1. The van der Waals surface area contributed by atoms with Crippen molar-refractivity contribution in [3.63, 3.8) is 0 Å². The van der Waals surface area contributed by atoms with Gasteiger partial charge in [-0.25, -0.2) is 4.39 Å². The van der Waals surface area contributed by atoms with Crippen molar-refractivity contribution in [2.45, 2.75) is 44.7 Å². The lowest BCUT2D eigenvalue weighted by molar-refractivity contribution is -0.149. The van der Waals surface area contributed by atoms with E-state index in [0.717, 1.165) is 24.1 Å². The summed E-state index contributed by atoms with van der Waals surface area (Å²) >= 11 is 0. The standard InChI is InChI=1S/C19H23FN2O2/c1-14-3-5-15(6-4-14)22-13-18(11-16(22)23)9-10-21(12-18)17(24)19(20)7-2-8-19/h3-6H,2,7-13H2,1H3/t18-/m0/s1. The first-order valence-corrected chi connectivity index (χ1v) is 8.76. The number of likely N-dealkylation sites (tertiary alicyclic amines) is 1. The van der Waals surface area contributed by atoms with Crippen LogP contribution in [0.15, 0.2) is 24.3 Å². The van der Waals surface area contributed by atoms with Crippen molar-refractivity contribution in [2.24, 2.45) is 5.41 Å². The third kappa shape index (κ3) is 2.41. The maximum Gasteiger partial charge on any atom is 0.260 e. The molecule has 2 amide bonds. The van der Waals surface area contributed by atoms with E-state index in [-0.39, 0.29) is 17.2 Å². The number of nitrogens with zero attached hydrogens (tertiary/aromatic N) is 2. The molecule has 2 heterocycles. The number of amides is 2. The van der Waals surface area contributed by atoms with Crippen LogP contribution >= 0.6 is 0 Å². The molecule has 1 spiro atoms. The number of halogens is 1. The van der Waals surface area contributed by atoms with Gasteiger partial charge in [-0.1, -0.05) is 17.7 Å². The van der Waals surface area contributed by atoms with Gasteiger partial charge >= 0.3 is 0 Å². The third-order valence-electron chi connectivity index (χ3n) is 5.92. The summed E-state index contributed by atoms with van der Waals surface area (Å²) in [7, 11) is 0. The van der Waals surface area contributed by atoms with Gasteiger partial charge in [0.15, 0.2) is 5.67 Å². The van der Waals surface area contributed by atoms with E-state index < -0.39 is 5.67 Å². The van der Waals surface area contributed by atoms with Crippen molar-refractivity contribution < 1.29 is 14.0 Å². The minimum atomic E-state index is -1.63. The van der Waals surface area contributed by atoms with Gasteiger partial charge in [0.25, 0.3) is 5.91 Å². The Morgan fingerprint density at radius 1 is 1.12 bits per heavy atom. The lowest BCUT2D eigenvalue weighted by Crippen LogP contribution is -2.50. The molecule has 1 atom stereocenters. The van der Waals surface area contributed by atoms with Crippen molar-refractivity contribution in [3.05, 3.63) is 29.8 Å². The van der Waals surface area contributed by atoms with Crippen molar-refractivity contribution in [3.8, 4) is 0 Å². The molecule has 0 radical (unpaired) electrons. The topological polar surface area (TPSA) is 40.6 Å². The van der Waals surface area contributed by atoms with Gasteiger partial charge < -0.3 is 9.80 Å². The summed E-state index contributed by atoms with van der Waals surface area (Å²) < 4.78 is 14.4. The molecule has 4 rings (SSSR count). The Balaban J connectivity index is 1.48. The van der Waals surface area contributed by atoms with Crippen LogP contribution in [-0.2, 0) is 9.59 Å². The number of benzene rings is 1. The molecule has 3 fully saturated rings. The SMILES string of the molecule is Cc1ccc(N2C[C@@]3(CCN(C(=O)C4(F)CCC4)C3)CC2=O)cc1. The van der Waals surface area contributed by atoms with Crippen molar-refractivity contribution in [1.82, 2.24) is 4.90 Å². The summed E-state index contributed by atoms with van der Waals surface area (Å²) in [4.78, 5) is 28.4. The van der Waals surface area contributed by atoms with E-state index in [1.54, 1.807) is 4.90 Å². The first-order chi connectivity index (χ1) is 11.4. The maximum atomic E-state index is 14.4. The molecule has 0 bridgehead atoms. The Kier molecular flexibility index (Phi) is 3.44. The monoisotopic (exact) mass is 330 g/mol. The van der Waals surface area contributed by atoms with Crippen molar-refractivity contribution in [1.29, 1.82) is 0 Å². The molecule has 1 aromatic rings. The van der Waals surface area contributed by atoms with Crippen LogP contribution in [-0.4, -0.2) is 42.0 Å². The second-order valence-corrected chi connectivity index (χ2v) is 7.79. The molecule has 0 unspecified atom stereocenters. The fraction of sp³-hybridized carbons (Fsp3) is 0.579. The number of carbonyl (C=O) groups excluding carboxylic acids is 2. The highest BCUT2D eigenvalue weighted by atomic mass is 19.1. The van der Waals surface area contributed by atoms with Gasteiger partial charge in [-0.15, -0.1) is 0 Å². The van der Waals surface area contributed by atoms with Crippen LogP contribution in [0.4, 0.5) is 10.1 Å². The van der Waals surface area contributed by atoms with E-state index in [2.05, 4.69) is 0 Å². The lowest BCUT2D eigenvalue weighted by Gasteiger charge is -2.36.